The summed E-state index contributed by atoms with van der Waals surface area (Å²) in [4.78, 5) is 1.41. The van der Waals surface area contributed by atoms with Gasteiger partial charge in [-0.15, -0.1) is 11.8 Å². The summed E-state index contributed by atoms with van der Waals surface area (Å²) in [6.45, 7) is 8.93. The molecule has 0 unspecified atom stereocenters. The van der Waals surface area contributed by atoms with Crippen LogP contribution in [0.3, 0.4) is 0 Å². The molecule has 0 fully saturated rings. The van der Waals surface area contributed by atoms with Crippen molar-refractivity contribution in [3.05, 3.63) is 29.8 Å². The van der Waals surface area contributed by atoms with Gasteiger partial charge in [-0.3, -0.25) is 0 Å². The molecule has 0 saturated carbocycles. The van der Waals surface area contributed by atoms with Crippen molar-refractivity contribution >= 4 is 11.8 Å². The van der Waals surface area contributed by atoms with E-state index in [1.165, 1.54) is 35.5 Å². The summed E-state index contributed by atoms with van der Waals surface area (Å²) in [7, 11) is 0. The van der Waals surface area contributed by atoms with Gasteiger partial charge in [-0.05, 0) is 61.7 Å². The molecule has 1 rings (SSSR count). The van der Waals surface area contributed by atoms with Crippen molar-refractivity contribution in [1.29, 1.82) is 0 Å². The molecule has 0 heterocycles. The standard InChI is InChI=1S/C16H27NS/c1-4-17-12-5-6-15-7-9-16(10-8-15)18-13-11-14(2)3/h7-10,14,17H,4-6,11-13H2,1-3H3. The molecule has 102 valence electrons. The zero-order chi connectivity index (χ0) is 13.2. The van der Waals surface area contributed by atoms with Gasteiger partial charge in [0.2, 0.25) is 0 Å². The van der Waals surface area contributed by atoms with Crippen LogP contribution < -0.4 is 5.32 Å². The van der Waals surface area contributed by atoms with Crippen LogP contribution >= 0.6 is 11.8 Å². The monoisotopic (exact) mass is 265 g/mol. The van der Waals surface area contributed by atoms with Crippen LogP contribution in [-0.4, -0.2) is 18.8 Å². The van der Waals surface area contributed by atoms with Gasteiger partial charge in [-0.2, -0.15) is 0 Å². The van der Waals surface area contributed by atoms with E-state index < -0.39 is 0 Å². The molecule has 0 aliphatic rings. The summed E-state index contributed by atoms with van der Waals surface area (Å²) in [5.41, 5.74) is 1.46. The molecule has 1 aromatic carbocycles. The quantitative estimate of drug-likeness (QED) is 0.526. The van der Waals surface area contributed by atoms with E-state index in [0.717, 1.165) is 19.0 Å². The Balaban J connectivity index is 2.24. The molecule has 0 aromatic heterocycles. The molecule has 0 spiro atoms. The number of hydrogen-bond acceptors (Lipinski definition) is 2. The molecule has 2 heteroatoms. The molecule has 0 atom stereocenters. The van der Waals surface area contributed by atoms with E-state index in [0.29, 0.717) is 0 Å². The Hall–Kier alpha value is -0.470. The predicted molar refractivity (Wildman–Crippen MR) is 83.5 cm³/mol. The average molecular weight is 265 g/mol. The van der Waals surface area contributed by atoms with Gasteiger partial charge < -0.3 is 5.32 Å². The fourth-order valence-electron chi connectivity index (χ4n) is 1.76. The first-order valence-corrected chi connectivity index (χ1v) is 8.13. The van der Waals surface area contributed by atoms with E-state index >= 15 is 0 Å². The normalized spacial score (nSPS) is 11.1. The van der Waals surface area contributed by atoms with Crippen LogP contribution in [0.25, 0.3) is 0 Å². The van der Waals surface area contributed by atoms with E-state index in [9.17, 15) is 0 Å². The van der Waals surface area contributed by atoms with Gasteiger partial charge in [-0.1, -0.05) is 32.9 Å². The predicted octanol–water partition coefficient (Wildman–Crippen LogP) is 4.37. The highest BCUT2D eigenvalue weighted by atomic mass is 32.2. The summed E-state index contributed by atoms with van der Waals surface area (Å²) in [5, 5.41) is 3.36. The molecule has 0 amide bonds. The minimum Gasteiger partial charge on any atom is -0.317 e. The van der Waals surface area contributed by atoms with Gasteiger partial charge in [0, 0.05) is 4.90 Å². The first-order valence-electron chi connectivity index (χ1n) is 7.14. The Kier molecular flexibility index (Phi) is 8.19. The summed E-state index contributed by atoms with van der Waals surface area (Å²) in [5.74, 6) is 2.04. The Morgan fingerprint density at radius 2 is 1.89 bits per heavy atom. The summed E-state index contributed by atoms with van der Waals surface area (Å²) in [6, 6.07) is 9.11. The number of aryl methyl sites for hydroxylation is 1. The average Bonchev–Trinajstić information content (AvgIpc) is 2.36. The van der Waals surface area contributed by atoms with Gasteiger partial charge in [0.05, 0.1) is 0 Å². The topological polar surface area (TPSA) is 12.0 Å². The fraction of sp³-hybridized carbons (Fsp3) is 0.625. The second kappa shape index (κ2) is 9.46. The molecule has 0 saturated heterocycles. The van der Waals surface area contributed by atoms with Crippen LogP contribution in [0.2, 0.25) is 0 Å². The first-order chi connectivity index (χ1) is 8.72. The van der Waals surface area contributed by atoms with Crippen molar-refractivity contribution < 1.29 is 0 Å². The molecule has 0 aliphatic carbocycles. The van der Waals surface area contributed by atoms with Crippen LogP contribution in [0, 0.1) is 5.92 Å². The number of thioether (sulfide) groups is 1. The van der Waals surface area contributed by atoms with E-state index in [4.69, 9.17) is 0 Å². The molecular formula is C16H27NS. The minimum absolute atomic E-state index is 0.808. The Morgan fingerprint density at radius 3 is 2.50 bits per heavy atom. The third-order valence-corrected chi connectivity index (χ3v) is 4.00. The zero-order valence-electron chi connectivity index (χ0n) is 12.0. The number of nitrogens with one attached hydrogen (secondary N) is 1. The first kappa shape index (κ1) is 15.6. The molecule has 0 radical (unpaired) electrons. The van der Waals surface area contributed by atoms with Gasteiger partial charge in [-0.25, -0.2) is 0 Å². The molecule has 1 N–H and O–H groups in total. The Bertz CT molecular complexity index is 305. The molecule has 0 bridgehead atoms. The third-order valence-electron chi connectivity index (χ3n) is 2.96. The minimum atomic E-state index is 0.808. The number of hydrogen-bond donors (Lipinski definition) is 1. The van der Waals surface area contributed by atoms with Gasteiger partial charge in [0.15, 0.2) is 0 Å². The molecule has 1 aromatic rings. The largest absolute Gasteiger partial charge is 0.317 e. The summed E-state index contributed by atoms with van der Waals surface area (Å²) < 4.78 is 0. The SMILES string of the molecule is CCNCCCc1ccc(SCCC(C)C)cc1. The Labute approximate surface area is 117 Å². The van der Waals surface area contributed by atoms with Crippen molar-refractivity contribution in [3.63, 3.8) is 0 Å². The maximum atomic E-state index is 3.36. The van der Waals surface area contributed by atoms with Crippen LogP contribution in [-0.2, 0) is 6.42 Å². The highest BCUT2D eigenvalue weighted by molar-refractivity contribution is 7.99. The van der Waals surface area contributed by atoms with Crippen LogP contribution in [0.4, 0.5) is 0 Å². The van der Waals surface area contributed by atoms with Crippen molar-refractivity contribution in [2.45, 2.75) is 44.9 Å². The van der Waals surface area contributed by atoms with Crippen molar-refractivity contribution in [2.24, 2.45) is 5.92 Å². The maximum Gasteiger partial charge on any atom is 0.00721 e. The lowest BCUT2D eigenvalue weighted by Gasteiger charge is -2.06. The highest BCUT2D eigenvalue weighted by Crippen LogP contribution is 2.21. The second-order valence-electron chi connectivity index (χ2n) is 5.13. The molecule has 1 nitrogen and oxygen atoms in total. The van der Waals surface area contributed by atoms with Crippen molar-refractivity contribution in [3.8, 4) is 0 Å². The van der Waals surface area contributed by atoms with Gasteiger partial charge >= 0.3 is 0 Å². The van der Waals surface area contributed by atoms with Crippen LogP contribution in [0.1, 0.15) is 39.2 Å². The summed E-state index contributed by atoms with van der Waals surface area (Å²) >= 11 is 1.98. The van der Waals surface area contributed by atoms with Crippen molar-refractivity contribution in [2.75, 3.05) is 18.8 Å². The lowest BCUT2D eigenvalue weighted by molar-refractivity contribution is 0.632. The van der Waals surface area contributed by atoms with Crippen molar-refractivity contribution in [1.82, 2.24) is 5.32 Å². The second-order valence-corrected chi connectivity index (χ2v) is 6.30. The van der Waals surface area contributed by atoms with E-state index in [1.807, 2.05) is 11.8 Å². The summed E-state index contributed by atoms with van der Waals surface area (Å²) in [6.07, 6.45) is 3.72. The van der Waals surface area contributed by atoms with Crippen LogP contribution in [0.5, 0.6) is 0 Å². The van der Waals surface area contributed by atoms with Crippen LogP contribution in [0.15, 0.2) is 29.2 Å². The zero-order valence-corrected chi connectivity index (χ0v) is 12.9. The highest BCUT2D eigenvalue weighted by Gasteiger charge is 1.98. The third kappa shape index (κ3) is 7.07. The van der Waals surface area contributed by atoms with E-state index in [1.54, 1.807) is 0 Å². The maximum absolute atomic E-state index is 3.36. The van der Waals surface area contributed by atoms with E-state index in [2.05, 4.69) is 50.4 Å². The fourth-order valence-corrected chi connectivity index (χ4v) is 2.91. The van der Waals surface area contributed by atoms with Gasteiger partial charge in [0.25, 0.3) is 0 Å². The smallest absolute Gasteiger partial charge is 0.00721 e. The molecular weight excluding hydrogens is 238 g/mol. The lowest BCUT2D eigenvalue weighted by Crippen LogP contribution is -2.14. The molecule has 18 heavy (non-hydrogen) atoms. The van der Waals surface area contributed by atoms with Gasteiger partial charge in [0.1, 0.15) is 0 Å². The number of benzene rings is 1. The Morgan fingerprint density at radius 1 is 1.17 bits per heavy atom. The lowest BCUT2D eigenvalue weighted by atomic mass is 10.1. The number of rotatable bonds is 9. The van der Waals surface area contributed by atoms with E-state index in [-0.39, 0.29) is 0 Å². The molecule has 0 aliphatic heterocycles.